The summed E-state index contributed by atoms with van der Waals surface area (Å²) >= 11 is 0. The first-order valence-electron chi connectivity index (χ1n) is 9.60. The Morgan fingerprint density at radius 3 is 2.40 bits per heavy atom. The van der Waals surface area contributed by atoms with Crippen LogP contribution in [0.1, 0.15) is 71.0 Å². The first-order valence-corrected chi connectivity index (χ1v) is 9.60. The van der Waals surface area contributed by atoms with Crippen LogP contribution in [0, 0.1) is 5.92 Å². The van der Waals surface area contributed by atoms with Gasteiger partial charge in [-0.05, 0) is 64.0 Å². The maximum atomic E-state index is 12.1. The van der Waals surface area contributed by atoms with Gasteiger partial charge in [0.1, 0.15) is 5.60 Å². The zero-order valence-corrected chi connectivity index (χ0v) is 16.4. The molecule has 0 spiro atoms. The molecule has 1 aliphatic carbocycles. The van der Waals surface area contributed by atoms with Crippen LogP contribution in [-0.2, 0) is 11.2 Å². The van der Waals surface area contributed by atoms with Crippen LogP contribution >= 0.6 is 0 Å². The Morgan fingerprint density at radius 2 is 1.88 bits per heavy atom. The highest BCUT2D eigenvalue weighted by Gasteiger charge is 2.33. The quantitative estimate of drug-likeness (QED) is 0.723. The maximum Gasteiger partial charge on any atom is 0.407 e. The molecular weight excluding hydrogens is 312 g/mol. The minimum absolute atomic E-state index is 0.136. The number of aryl methyl sites for hydroxylation is 1. The third-order valence-corrected chi connectivity index (χ3v) is 4.56. The lowest BCUT2D eigenvalue weighted by Crippen LogP contribution is -2.46. The summed E-state index contributed by atoms with van der Waals surface area (Å²) in [6.07, 6.45) is 4.35. The number of alkyl carbamates (subject to hydrolysis) is 1. The van der Waals surface area contributed by atoms with Gasteiger partial charge in [-0.2, -0.15) is 0 Å². The molecule has 2 atom stereocenters. The molecule has 0 bridgehead atoms. The molecule has 1 fully saturated rings. The molecule has 4 nitrogen and oxygen atoms in total. The average Bonchev–Trinajstić information content (AvgIpc) is 3.35. The van der Waals surface area contributed by atoms with Gasteiger partial charge in [-0.25, -0.2) is 4.79 Å². The van der Waals surface area contributed by atoms with Crippen molar-refractivity contribution >= 4 is 6.09 Å². The number of hydrogen-bond donors (Lipinski definition) is 2. The standard InChI is InChI=1S/C21H34N2O2/c1-6-7-16-8-10-17(11-9-16)15(2)22-14-19(18-12-13-18)23-20(24)25-21(3,4)5/h8-11,15,18-19,22H,6-7,12-14H2,1-5H3,(H,23,24). The zero-order valence-electron chi connectivity index (χ0n) is 16.4. The van der Waals surface area contributed by atoms with E-state index in [1.807, 2.05) is 20.8 Å². The molecular formula is C21H34N2O2. The molecule has 140 valence electrons. The summed E-state index contributed by atoms with van der Waals surface area (Å²) in [5.74, 6) is 0.569. The molecule has 0 aromatic heterocycles. The van der Waals surface area contributed by atoms with Gasteiger partial charge in [0.05, 0.1) is 0 Å². The largest absolute Gasteiger partial charge is 0.444 e. The van der Waals surface area contributed by atoms with E-state index >= 15 is 0 Å². The van der Waals surface area contributed by atoms with Crippen molar-refractivity contribution in [1.82, 2.24) is 10.6 Å². The maximum absolute atomic E-state index is 12.1. The van der Waals surface area contributed by atoms with Gasteiger partial charge in [0.15, 0.2) is 0 Å². The summed E-state index contributed by atoms with van der Waals surface area (Å²) in [5.41, 5.74) is 2.21. The van der Waals surface area contributed by atoms with Crippen molar-refractivity contribution in [3.63, 3.8) is 0 Å². The predicted octanol–water partition coefficient (Wildman–Crippen LogP) is 4.59. The molecule has 1 aromatic carbocycles. The van der Waals surface area contributed by atoms with Gasteiger partial charge in [-0.3, -0.25) is 0 Å². The van der Waals surface area contributed by atoms with Gasteiger partial charge >= 0.3 is 6.09 Å². The molecule has 1 aliphatic rings. The van der Waals surface area contributed by atoms with Crippen molar-refractivity contribution in [2.45, 2.75) is 78.0 Å². The summed E-state index contributed by atoms with van der Waals surface area (Å²) in [6.45, 7) is 10.8. The van der Waals surface area contributed by atoms with E-state index in [0.29, 0.717) is 5.92 Å². The molecule has 0 heterocycles. The number of hydrogen-bond acceptors (Lipinski definition) is 3. The van der Waals surface area contributed by atoms with Crippen molar-refractivity contribution < 1.29 is 9.53 Å². The number of amides is 1. The number of rotatable bonds is 8. The summed E-state index contributed by atoms with van der Waals surface area (Å²) in [4.78, 5) is 12.1. The Hall–Kier alpha value is -1.55. The molecule has 4 heteroatoms. The van der Waals surface area contributed by atoms with Gasteiger partial charge < -0.3 is 15.4 Å². The molecule has 25 heavy (non-hydrogen) atoms. The molecule has 0 aliphatic heterocycles. The van der Waals surface area contributed by atoms with Crippen LogP contribution < -0.4 is 10.6 Å². The van der Waals surface area contributed by atoms with E-state index in [1.165, 1.54) is 30.4 Å². The van der Waals surface area contributed by atoms with Crippen molar-refractivity contribution in [1.29, 1.82) is 0 Å². The fourth-order valence-corrected chi connectivity index (χ4v) is 2.98. The minimum Gasteiger partial charge on any atom is -0.444 e. The van der Waals surface area contributed by atoms with E-state index in [4.69, 9.17) is 4.74 Å². The Morgan fingerprint density at radius 1 is 1.24 bits per heavy atom. The van der Waals surface area contributed by atoms with Gasteiger partial charge in [-0.15, -0.1) is 0 Å². The van der Waals surface area contributed by atoms with E-state index < -0.39 is 5.60 Å². The number of benzene rings is 1. The molecule has 2 rings (SSSR count). The second-order valence-electron chi connectivity index (χ2n) is 8.21. The van der Waals surface area contributed by atoms with Crippen molar-refractivity contribution in [3.05, 3.63) is 35.4 Å². The van der Waals surface area contributed by atoms with E-state index in [1.54, 1.807) is 0 Å². The summed E-state index contributed by atoms with van der Waals surface area (Å²) in [7, 11) is 0. The van der Waals surface area contributed by atoms with Gasteiger partial charge in [0.25, 0.3) is 0 Å². The molecule has 0 radical (unpaired) electrons. The number of carbonyl (C=O) groups excluding carboxylic acids is 1. The average molecular weight is 347 g/mol. The lowest BCUT2D eigenvalue weighted by molar-refractivity contribution is 0.0497. The Balaban J connectivity index is 1.84. The normalized spacial score (nSPS) is 17.0. The molecule has 2 N–H and O–H groups in total. The fourth-order valence-electron chi connectivity index (χ4n) is 2.98. The first kappa shape index (κ1) is 19.8. The lowest BCUT2D eigenvalue weighted by atomic mass is 10.0. The van der Waals surface area contributed by atoms with Crippen LogP contribution in [0.25, 0.3) is 0 Å². The fraction of sp³-hybridized carbons (Fsp3) is 0.667. The number of carbonyl (C=O) groups is 1. The van der Waals surface area contributed by atoms with Crippen LogP contribution in [0.4, 0.5) is 4.79 Å². The minimum atomic E-state index is -0.459. The van der Waals surface area contributed by atoms with E-state index in [9.17, 15) is 4.79 Å². The second kappa shape index (κ2) is 8.70. The molecule has 2 unspecified atom stereocenters. The van der Waals surface area contributed by atoms with Crippen LogP contribution in [0.5, 0.6) is 0 Å². The third kappa shape index (κ3) is 7.07. The Bertz CT molecular complexity index is 544. The summed E-state index contributed by atoms with van der Waals surface area (Å²) in [6, 6.07) is 9.24. The number of ether oxygens (including phenoxy) is 1. The van der Waals surface area contributed by atoms with E-state index in [0.717, 1.165) is 13.0 Å². The lowest BCUT2D eigenvalue weighted by Gasteiger charge is -2.25. The monoisotopic (exact) mass is 346 g/mol. The van der Waals surface area contributed by atoms with Crippen LogP contribution in [0.2, 0.25) is 0 Å². The van der Waals surface area contributed by atoms with Gasteiger partial charge in [0.2, 0.25) is 0 Å². The van der Waals surface area contributed by atoms with Gasteiger partial charge in [-0.1, -0.05) is 37.6 Å². The highest BCUT2D eigenvalue weighted by molar-refractivity contribution is 5.68. The third-order valence-electron chi connectivity index (χ3n) is 4.56. The van der Waals surface area contributed by atoms with Crippen LogP contribution in [0.3, 0.4) is 0 Å². The zero-order chi connectivity index (χ0) is 18.4. The smallest absolute Gasteiger partial charge is 0.407 e. The SMILES string of the molecule is CCCc1ccc(C(C)NCC(NC(=O)OC(C)(C)C)C2CC2)cc1. The van der Waals surface area contributed by atoms with Crippen molar-refractivity contribution in [3.8, 4) is 0 Å². The molecule has 1 saturated carbocycles. The van der Waals surface area contributed by atoms with E-state index in [-0.39, 0.29) is 18.2 Å². The van der Waals surface area contributed by atoms with Crippen LogP contribution in [-0.4, -0.2) is 24.3 Å². The Labute approximate surface area is 152 Å². The topological polar surface area (TPSA) is 50.4 Å². The Kier molecular flexibility index (Phi) is 6.88. The summed E-state index contributed by atoms with van der Waals surface area (Å²) in [5, 5.41) is 6.61. The van der Waals surface area contributed by atoms with Crippen molar-refractivity contribution in [2.24, 2.45) is 5.92 Å². The van der Waals surface area contributed by atoms with Crippen molar-refractivity contribution in [2.75, 3.05) is 6.54 Å². The summed E-state index contributed by atoms with van der Waals surface area (Å²) < 4.78 is 5.40. The number of nitrogens with one attached hydrogen (secondary N) is 2. The molecule has 1 amide bonds. The highest BCUT2D eigenvalue weighted by atomic mass is 16.6. The second-order valence-corrected chi connectivity index (χ2v) is 8.21. The molecule has 1 aromatic rings. The van der Waals surface area contributed by atoms with E-state index in [2.05, 4.69) is 48.7 Å². The highest BCUT2D eigenvalue weighted by Crippen LogP contribution is 2.32. The predicted molar refractivity (Wildman–Crippen MR) is 103 cm³/mol. The molecule has 0 saturated heterocycles. The van der Waals surface area contributed by atoms with Gasteiger partial charge in [0, 0.05) is 18.6 Å². The van der Waals surface area contributed by atoms with Crippen LogP contribution in [0.15, 0.2) is 24.3 Å². The first-order chi connectivity index (χ1) is 11.8.